The van der Waals surface area contributed by atoms with Crippen LogP contribution in [0.1, 0.15) is 10.4 Å². The molecule has 0 atom stereocenters. The summed E-state index contributed by atoms with van der Waals surface area (Å²) >= 11 is 0. The van der Waals surface area contributed by atoms with Gasteiger partial charge < -0.3 is 15.2 Å². The number of H-pyrrole nitrogens is 1. The van der Waals surface area contributed by atoms with Crippen molar-refractivity contribution in [1.82, 2.24) is 25.1 Å². The van der Waals surface area contributed by atoms with Crippen LogP contribution in [0.25, 0.3) is 22.4 Å². The van der Waals surface area contributed by atoms with E-state index in [1.165, 1.54) is 0 Å². The lowest BCUT2D eigenvalue weighted by Crippen LogP contribution is -2.50. The maximum atomic E-state index is 12.9. The molecule has 4 rings (SSSR count). The van der Waals surface area contributed by atoms with Crippen LogP contribution in [0.2, 0.25) is 0 Å². The minimum Gasteiger partial charge on any atom is -0.358 e. The molecule has 7 nitrogen and oxygen atoms in total. The summed E-state index contributed by atoms with van der Waals surface area (Å²) in [7, 11) is 1.64. The van der Waals surface area contributed by atoms with Crippen molar-refractivity contribution in [2.75, 3.05) is 39.8 Å². The molecule has 3 aromatic rings. The van der Waals surface area contributed by atoms with Gasteiger partial charge in [-0.2, -0.15) is 0 Å². The average Bonchev–Trinajstić information content (AvgIpc) is 3.18. The Balaban J connectivity index is 1.47. The average molecular weight is 377 g/mol. The van der Waals surface area contributed by atoms with Crippen LogP contribution in [-0.4, -0.2) is 71.4 Å². The zero-order chi connectivity index (χ0) is 19.5. The molecular formula is C21H23N5O2. The van der Waals surface area contributed by atoms with Crippen molar-refractivity contribution in [3.63, 3.8) is 0 Å². The molecule has 0 aliphatic carbocycles. The first-order chi connectivity index (χ1) is 13.6. The van der Waals surface area contributed by atoms with E-state index in [2.05, 4.69) is 20.2 Å². The van der Waals surface area contributed by atoms with Crippen molar-refractivity contribution in [2.45, 2.75) is 0 Å². The third-order valence-corrected chi connectivity index (χ3v) is 5.08. The number of hydrogen-bond donors (Lipinski definition) is 2. The Morgan fingerprint density at radius 2 is 1.82 bits per heavy atom. The molecule has 144 valence electrons. The van der Waals surface area contributed by atoms with E-state index in [0.717, 1.165) is 22.4 Å². The van der Waals surface area contributed by atoms with Gasteiger partial charge in [-0.05, 0) is 18.2 Å². The van der Waals surface area contributed by atoms with E-state index < -0.39 is 0 Å². The summed E-state index contributed by atoms with van der Waals surface area (Å²) in [6.45, 7) is 3.01. The van der Waals surface area contributed by atoms with Crippen LogP contribution < -0.4 is 5.32 Å². The van der Waals surface area contributed by atoms with Gasteiger partial charge in [0.25, 0.3) is 5.91 Å². The summed E-state index contributed by atoms with van der Waals surface area (Å²) in [5, 5.41) is 2.63. The molecule has 2 N–H and O–H groups in total. The fourth-order valence-corrected chi connectivity index (χ4v) is 3.45. The molecule has 2 heterocycles. The van der Waals surface area contributed by atoms with Crippen LogP contribution in [0.3, 0.4) is 0 Å². The Kier molecular flexibility index (Phi) is 5.08. The molecule has 2 amide bonds. The lowest BCUT2D eigenvalue weighted by molar-refractivity contribution is -0.122. The highest BCUT2D eigenvalue weighted by Gasteiger charge is 2.23. The highest BCUT2D eigenvalue weighted by atomic mass is 16.2. The standard InChI is InChI=1S/C21H23N5O2/c1-22-19(27)14-25-9-11-26(12-10-25)21(28)16-7-8-17-18(13-16)24-20(23-17)15-5-3-2-4-6-15/h2-8,13H,9-12,14H2,1H3,(H,22,27)(H,23,24). The quantitative estimate of drug-likeness (QED) is 0.726. The first kappa shape index (κ1) is 18.2. The lowest BCUT2D eigenvalue weighted by Gasteiger charge is -2.34. The SMILES string of the molecule is CNC(=O)CN1CCN(C(=O)c2ccc3nc(-c4ccccc4)[nH]c3c2)CC1. The van der Waals surface area contributed by atoms with E-state index in [9.17, 15) is 9.59 Å². The number of piperazine rings is 1. The molecule has 0 unspecified atom stereocenters. The smallest absolute Gasteiger partial charge is 0.254 e. The summed E-state index contributed by atoms with van der Waals surface area (Å²) in [5.41, 5.74) is 3.35. The predicted molar refractivity (Wildman–Crippen MR) is 108 cm³/mol. The van der Waals surface area contributed by atoms with E-state index in [1.54, 1.807) is 7.05 Å². The predicted octanol–water partition coefficient (Wildman–Crippen LogP) is 1.73. The Hall–Kier alpha value is -3.19. The van der Waals surface area contributed by atoms with Gasteiger partial charge in [0.2, 0.25) is 5.91 Å². The van der Waals surface area contributed by atoms with Gasteiger partial charge in [0.1, 0.15) is 5.82 Å². The minimum absolute atomic E-state index is 0.00121. The molecular weight excluding hydrogens is 354 g/mol. The van der Waals surface area contributed by atoms with Gasteiger partial charge in [0.15, 0.2) is 0 Å². The number of hydrogen-bond acceptors (Lipinski definition) is 4. The molecule has 7 heteroatoms. The largest absolute Gasteiger partial charge is 0.358 e. The Morgan fingerprint density at radius 3 is 2.54 bits per heavy atom. The number of nitrogens with one attached hydrogen (secondary N) is 2. The Morgan fingerprint density at radius 1 is 1.07 bits per heavy atom. The second-order valence-electron chi connectivity index (χ2n) is 6.92. The van der Waals surface area contributed by atoms with Crippen LogP contribution in [-0.2, 0) is 4.79 Å². The van der Waals surface area contributed by atoms with Gasteiger partial charge >= 0.3 is 0 Å². The maximum absolute atomic E-state index is 12.9. The number of fused-ring (bicyclic) bond motifs is 1. The summed E-state index contributed by atoms with van der Waals surface area (Å²) < 4.78 is 0. The summed E-state index contributed by atoms with van der Waals surface area (Å²) in [6.07, 6.45) is 0. The maximum Gasteiger partial charge on any atom is 0.254 e. The minimum atomic E-state index is -0.00121. The van der Waals surface area contributed by atoms with Gasteiger partial charge in [-0.15, -0.1) is 0 Å². The fourth-order valence-electron chi connectivity index (χ4n) is 3.45. The molecule has 0 spiro atoms. The summed E-state index contributed by atoms with van der Waals surface area (Å²) in [4.78, 5) is 36.2. The highest BCUT2D eigenvalue weighted by Crippen LogP contribution is 2.22. The van der Waals surface area contributed by atoms with Gasteiger partial charge in [-0.1, -0.05) is 30.3 Å². The second kappa shape index (κ2) is 7.82. The number of likely N-dealkylation sites (N-methyl/N-ethyl adjacent to an activating group) is 1. The van der Waals surface area contributed by atoms with E-state index in [-0.39, 0.29) is 11.8 Å². The van der Waals surface area contributed by atoms with Crippen LogP contribution in [0.4, 0.5) is 0 Å². The fraction of sp³-hybridized carbons (Fsp3) is 0.286. The lowest BCUT2D eigenvalue weighted by atomic mass is 10.1. The molecule has 0 radical (unpaired) electrons. The number of amides is 2. The Labute approximate surface area is 163 Å². The number of aromatic amines is 1. The van der Waals surface area contributed by atoms with Gasteiger partial charge in [-0.3, -0.25) is 14.5 Å². The number of carbonyl (C=O) groups excluding carboxylic acids is 2. The van der Waals surface area contributed by atoms with Crippen molar-refractivity contribution in [3.8, 4) is 11.4 Å². The zero-order valence-corrected chi connectivity index (χ0v) is 15.8. The molecule has 2 aromatic carbocycles. The Bertz CT molecular complexity index is 990. The molecule has 1 fully saturated rings. The molecule has 0 bridgehead atoms. The highest BCUT2D eigenvalue weighted by molar-refractivity contribution is 5.97. The van der Waals surface area contributed by atoms with Crippen molar-refractivity contribution in [2.24, 2.45) is 0 Å². The molecule has 1 saturated heterocycles. The van der Waals surface area contributed by atoms with Gasteiger partial charge in [-0.25, -0.2) is 4.98 Å². The molecule has 1 aromatic heterocycles. The van der Waals surface area contributed by atoms with Gasteiger partial charge in [0, 0.05) is 44.4 Å². The van der Waals surface area contributed by atoms with E-state index in [0.29, 0.717) is 38.3 Å². The van der Waals surface area contributed by atoms with Crippen molar-refractivity contribution in [1.29, 1.82) is 0 Å². The van der Waals surface area contributed by atoms with Crippen LogP contribution >= 0.6 is 0 Å². The number of rotatable bonds is 4. The summed E-state index contributed by atoms with van der Waals surface area (Å²) in [5.74, 6) is 0.805. The van der Waals surface area contributed by atoms with Gasteiger partial charge in [0.05, 0.1) is 17.6 Å². The second-order valence-corrected chi connectivity index (χ2v) is 6.92. The number of nitrogens with zero attached hydrogens (tertiary/aromatic N) is 3. The third kappa shape index (κ3) is 3.75. The number of benzene rings is 2. The van der Waals surface area contributed by atoms with Crippen LogP contribution in [0.15, 0.2) is 48.5 Å². The zero-order valence-electron chi connectivity index (χ0n) is 15.8. The molecule has 28 heavy (non-hydrogen) atoms. The van der Waals surface area contributed by atoms with E-state index in [4.69, 9.17) is 0 Å². The topological polar surface area (TPSA) is 81.3 Å². The van der Waals surface area contributed by atoms with Crippen molar-refractivity contribution >= 4 is 22.8 Å². The molecule has 1 aliphatic heterocycles. The first-order valence-electron chi connectivity index (χ1n) is 9.41. The third-order valence-electron chi connectivity index (χ3n) is 5.08. The van der Waals surface area contributed by atoms with Crippen molar-refractivity contribution in [3.05, 3.63) is 54.1 Å². The van der Waals surface area contributed by atoms with Crippen molar-refractivity contribution < 1.29 is 9.59 Å². The van der Waals surface area contributed by atoms with Crippen LogP contribution in [0.5, 0.6) is 0 Å². The van der Waals surface area contributed by atoms with E-state index in [1.807, 2.05) is 53.4 Å². The normalized spacial score (nSPS) is 15.0. The molecule has 1 aliphatic rings. The van der Waals surface area contributed by atoms with E-state index >= 15 is 0 Å². The first-order valence-corrected chi connectivity index (χ1v) is 9.41. The number of imidazole rings is 1. The molecule has 0 saturated carbocycles. The summed E-state index contributed by atoms with van der Waals surface area (Å²) in [6, 6.07) is 15.5. The number of carbonyl (C=O) groups is 2. The van der Waals surface area contributed by atoms with Crippen LogP contribution in [0, 0.1) is 0 Å². The number of aromatic nitrogens is 2. The monoisotopic (exact) mass is 377 g/mol.